The Balaban J connectivity index is 1.57. The first-order valence-corrected chi connectivity index (χ1v) is 12.9. The molecular formula is C30H31N5O2S. The number of nitrogens with one attached hydrogen (secondary N) is 2. The number of pyridine rings is 1. The summed E-state index contributed by atoms with van der Waals surface area (Å²) in [4.78, 5) is 18.8. The van der Waals surface area contributed by atoms with E-state index in [1.807, 2.05) is 48.7 Å². The maximum atomic E-state index is 12.0. The molecule has 194 valence electrons. The van der Waals surface area contributed by atoms with Gasteiger partial charge >= 0.3 is 0 Å². The normalized spacial score (nSPS) is 16.9. The average molecular weight is 526 g/mol. The number of methoxy groups -OCH3 is 1. The van der Waals surface area contributed by atoms with Gasteiger partial charge in [-0.1, -0.05) is 23.8 Å². The summed E-state index contributed by atoms with van der Waals surface area (Å²) >= 11 is 5.90. The lowest BCUT2D eigenvalue weighted by Gasteiger charge is -2.28. The molecule has 1 saturated heterocycles. The quantitative estimate of drug-likeness (QED) is 0.308. The Kier molecular flexibility index (Phi) is 7.26. The largest absolute Gasteiger partial charge is 0.375 e. The Bertz CT molecular complexity index is 1450. The summed E-state index contributed by atoms with van der Waals surface area (Å²) in [6.45, 7) is 6.39. The highest BCUT2D eigenvalue weighted by Crippen LogP contribution is 2.43. The zero-order valence-corrected chi connectivity index (χ0v) is 22.8. The van der Waals surface area contributed by atoms with Gasteiger partial charge in [0.05, 0.1) is 17.8 Å². The van der Waals surface area contributed by atoms with E-state index in [0.29, 0.717) is 10.8 Å². The number of anilines is 2. The molecule has 2 aromatic carbocycles. The van der Waals surface area contributed by atoms with Crippen LogP contribution in [-0.4, -0.2) is 34.3 Å². The van der Waals surface area contributed by atoms with Gasteiger partial charge in [-0.3, -0.25) is 9.78 Å². The molecule has 2 atom stereocenters. The van der Waals surface area contributed by atoms with Crippen LogP contribution in [-0.2, 0) is 9.53 Å². The summed E-state index contributed by atoms with van der Waals surface area (Å²) in [7, 11) is 1.50. The van der Waals surface area contributed by atoms with E-state index in [1.54, 1.807) is 0 Å². The molecule has 4 aromatic rings. The molecule has 1 aliphatic heterocycles. The summed E-state index contributed by atoms with van der Waals surface area (Å²) < 4.78 is 7.21. The van der Waals surface area contributed by atoms with E-state index < -0.39 is 0 Å². The van der Waals surface area contributed by atoms with Gasteiger partial charge in [-0.2, -0.15) is 0 Å². The highest BCUT2D eigenvalue weighted by molar-refractivity contribution is 7.80. The van der Waals surface area contributed by atoms with Crippen LogP contribution in [0, 0.1) is 20.8 Å². The third kappa shape index (κ3) is 4.92. The number of hydrogen-bond donors (Lipinski definition) is 2. The first-order chi connectivity index (χ1) is 18.4. The van der Waals surface area contributed by atoms with Crippen molar-refractivity contribution in [2.45, 2.75) is 32.9 Å². The first-order valence-electron chi connectivity index (χ1n) is 12.5. The van der Waals surface area contributed by atoms with Crippen LogP contribution in [0.4, 0.5) is 11.4 Å². The van der Waals surface area contributed by atoms with Crippen LogP contribution >= 0.6 is 12.2 Å². The lowest BCUT2D eigenvalue weighted by Crippen LogP contribution is -2.29. The highest BCUT2D eigenvalue weighted by atomic mass is 32.1. The van der Waals surface area contributed by atoms with E-state index in [-0.39, 0.29) is 24.6 Å². The third-order valence-electron chi connectivity index (χ3n) is 6.88. The number of carbonyl (C=O) groups is 1. The monoisotopic (exact) mass is 525 g/mol. The van der Waals surface area contributed by atoms with Gasteiger partial charge in [0, 0.05) is 41.8 Å². The van der Waals surface area contributed by atoms with Gasteiger partial charge in [0.25, 0.3) is 0 Å². The molecule has 0 unspecified atom stereocenters. The smallest absolute Gasteiger partial charge is 0.250 e. The second-order valence-electron chi connectivity index (χ2n) is 9.52. The summed E-state index contributed by atoms with van der Waals surface area (Å²) in [5, 5.41) is 7.01. The molecule has 8 heteroatoms. The molecule has 7 nitrogen and oxygen atoms in total. The van der Waals surface area contributed by atoms with Crippen LogP contribution in [0.5, 0.6) is 0 Å². The number of aryl methyl sites for hydroxylation is 2. The minimum atomic E-state index is -0.199. The molecule has 38 heavy (non-hydrogen) atoms. The third-order valence-corrected chi connectivity index (χ3v) is 7.20. The van der Waals surface area contributed by atoms with Crippen LogP contribution in [0.25, 0.3) is 5.69 Å². The number of amides is 1. The zero-order valence-electron chi connectivity index (χ0n) is 21.9. The van der Waals surface area contributed by atoms with Gasteiger partial charge < -0.3 is 24.8 Å². The highest BCUT2D eigenvalue weighted by Gasteiger charge is 2.42. The molecule has 1 amide bonds. The van der Waals surface area contributed by atoms with Crippen molar-refractivity contribution in [3.63, 3.8) is 0 Å². The van der Waals surface area contributed by atoms with Crippen molar-refractivity contribution in [1.82, 2.24) is 14.9 Å². The molecule has 0 radical (unpaired) electrons. The predicted octanol–water partition coefficient (Wildman–Crippen LogP) is 5.56. The molecule has 2 N–H and O–H groups in total. The van der Waals surface area contributed by atoms with Crippen LogP contribution in [0.1, 0.15) is 40.3 Å². The van der Waals surface area contributed by atoms with Crippen LogP contribution in [0.3, 0.4) is 0 Å². The summed E-state index contributed by atoms with van der Waals surface area (Å²) in [6.07, 6.45) is 1.81. The van der Waals surface area contributed by atoms with Crippen molar-refractivity contribution in [1.29, 1.82) is 0 Å². The minimum absolute atomic E-state index is 0.00626. The number of carbonyl (C=O) groups excluding carboxylic acids is 1. The topological polar surface area (TPSA) is 71.4 Å². The maximum absolute atomic E-state index is 12.0. The second kappa shape index (κ2) is 10.8. The number of aromatic nitrogens is 2. The Labute approximate surface area is 228 Å². The van der Waals surface area contributed by atoms with Crippen molar-refractivity contribution >= 4 is 34.6 Å². The fourth-order valence-corrected chi connectivity index (χ4v) is 5.51. The number of hydrogen-bond acceptors (Lipinski definition) is 4. The predicted molar refractivity (Wildman–Crippen MR) is 155 cm³/mol. The Morgan fingerprint density at radius 2 is 1.74 bits per heavy atom. The Hall–Kier alpha value is -4.01. The van der Waals surface area contributed by atoms with E-state index in [4.69, 9.17) is 17.0 Å². The molecule has 1 aliphatic rings. The fourth-order valence-electron chi connectivity index (χ4n) is 5.16. The first kappa shape index (κ1) is 25.6. The van der Waals surface area contributed by atoms with Crippen molar-refractivity contribution in [3.05, 3.63) is 107 Å². The molecule has 0 spiro atoms. The van der Waals surface area contributed by atoms with E-state index in [9.17, 15) is 4.79 Å². The van der Waals surface area contributed by atoms with Gasteiger partial charge in [-0.15, -0.1) is 0 Å². The van der Waals surface area contributed by atoms with Crippen molar-refractivity contribution < 1.29 is 9.53 Å². The number of nitrogens with zero attached hydrogens (tertiary/aromatic N) is 3. The molecule has 3 heterocycles. The molecule has 0 saturated carbocycles. The summed E-state index contributed by atoms with van der Waals surface area (Å²) in [5.41, 5.74) is 8.37. The fraction of sp³-hybridized carbons (Fsp3) is 0.233. The average Bonchev–Trinajstić information content (AvgIpc) is 3.41. The molecule has 0 bridgehead atoms. The Morgan fingerprint density at radius 3 is 2.39 bits per heavy atom. The van der Waals surface area contributed by atoms with E-state index in [1.165, 1.54) is 18.2 Å². The van der Waals surface area contributed by atoms with Gasteiger partial charge in [-0.25, -0.2) is 0 Å². The molecule has 1 fully saturated rings. The molecular weight excluding hydrogens is 494 g/mol. The molecule has 0 aliphatic carbocycles. The van der Waals surface area contributed by atoms with Gasteiger partial charge in [0.2, 0.25) is 5.91 Å². The Morgan fingerprint density at radius 1 is 1.03 bits per heavy atom. The van der Waals surface area contributed by atoms with Gasteiger partial charge in [-0.05, 0) is 93.1 Å². The standard InChI is InChI=1S/C30H31N5O2S/c1-19-8-12-23(13-9-19)34-20(2)17-25(21(34)3)29-28(26-7-5-6-16-31-26)33-30(38)35(29)24-14-10-22(11-15-24)32-27(36)18-37-4/h5-17,28-29H,18H2,1-4H3,(H,32,36)(H,33,38)/t28-,29+/m1/s1. The van der Waals surface area contributed by atoms with Crippen molar-refractivity contribution in [2.75, 3.05) is 23.9 Å². The van der Waals surface area contributed by atoms with Crippen molar-refractivity contribution in [3.8, 4) is 5.69 Å². The van der Waals surface area contributed by atoms with Gasteiger partial charge in [0.15, 0.2) is 5.11 Å². The van der Waals surface area contributed by atoms with E-state index in [0.717, 1.165) is 28.5 Å². The lowest BCUT2D eigenvalue weighted by molar-refractivity contribution is -0.119. The van der Waals surface area contributed by atoms with Crippen molar-refractivity contribution in [2.24, 2.45) is 0 Å². The molecule has 5 rings (SSSR count). The van der Waals surface area contributed by atoms with Gasteiger partial charge in [0.1, 0.15) is 6.61 Å². The van der Waals surface area contributed by atoms with Crippen LogP contribution in [0.15, 0.2) is 79.0 Å². The van der Waals surface area contributed by atoms with E-state index in [2.05, 4.69) is 76.2 Å². The zero-order chi connectivity index (χ0) is 26.8. The number of thiocarbonyl (C=S) groups is 1. The second-order valence-corrected chi connectivity index (χ2v) is 9.91. The van der Waals surface area contributed by atoms with Crippen LogP contribution in [0.2, 0.25) is 0 Å². The SMILES string of the molecule is COCC(=O)Nc1ccc(N2C(=S)N[C@H](c3ccccn3)[C@@H]2c2cc(C)n(-c3ccc(C)cc3)c2C)cc1. The number of ether oxygens (including phenoxy) is 1. The lowest BCUT2D eigenvalue weighted by atomic mass is 9.96. The maximum Gasteiger partial charge on any atom is 0.250 e. The molecule has 2 aromatic heterocycles. The number of rotatable bonds is 7. The minimum Gasteiger partial charge on any atom is -0.375 e. The van der Waals surface area contributed by atoms with Crippen LogP contribution < -0.4 is 15.5 Å². The summed E-state index contributed by atoms with van der Waals surface area (Å²) in [6, 6.07) is 24.2. The number of benzene rings is 2. The summed E-state index contributed by atoms with van der Waals surface area (Å²) in [5.74, 6) is -0.199. The van der Waals surface area contributed by atoms with E-state index >= 15 is 0 Å².